The molecule has 1 N–H and O–H groups in total. The second-order valence-electron chi connectivity index (χ2n) is 7.85. The van der Waals surface area contributed by atoms with Gasteiger partial charge in [0.05, 0.1) is 31.2 Å². The van der Waals surface area contributed by atoms with E-state index in [1.165, 1.54) is 11.8 Å². The topological polar surface area (TPSA) is 72.3 Å². The van der Waals surface area contributed by atoms with Crippen LogP contribution in [0.1, 0.15) is 17.0 Å². The van der Waals surface area contributed by atoms with Gasteiger partial charge in [-0.1, -0.05) is 23.4 Å². The summed E-state index contributed by atoms with van der Waals surface area (Å²) in [4.78, 5) is 15.0. The first-order chi connectivity index (χ1) is 15.9. The minimum Gasteiger partial charge on any atom is -0.379 e. The second-order valence-corrected chi connectivity index (χ2v) is 10.1. The molecule has 2 heterocycles. The van der Waals surface area contributed by atoms with Gasteiger partial charge in [0.2, 0.25) is 5.91 Å². The van der Waals surface area contributed by atoms with Crippen molar-refractivity contribution in [2.24, 2.45) is 0 Å². The van der Waals surface area contributed by atoms with E-state index in [1.54, 1.807) is 0 Å². The minimum atomic E-state index is -0.107. The Balaban J connectivity index is 1.51. The van der Waals surface area contributed by atoms with Crippen LogP contribution >= 0.6 is 39.3 Å². The molecule has 1 aliphatic rings. The fraction of sp³-hybridized carbons (Fsp3) is 0.348. The molecule has 1 aromatic heterocycles. The third kappa shape index (κ3) is 6.16. The van der Waals surface area contributed by atoms with Crippen LogP contribution in [-0.2, 0) is 16.1 Å². The van der Waals surface area contributed by atoms with E-state index in [-0.39, 0.29) is 11.7 Å². The van der Waals surface area contributed by atoms with Gasteiger partial charge in [-0.05, 0) is 77.3 Å². The maximum atomic E-state index is 12.7. The number of ether oxygens (including phenoxy) is 1. The van der Waals surface area contributed by atoms with Crippen LogP contribution in [0.2, 0.25) is 5.02 Å². The number of nitrogens with zero attached hydrogens (tertiary/aromatic N) is 4. The van der Waals surface area contributed by atoms with Crippen LogP contribution in [0.3, 0.4) is 0 Å². The van der Waals surface area contributed by atoms with Gasteiger partial charge in [-0.25, -0.2) is 0 Å². The van der Waals surface area contributed by atoms with E-state index >= 15 is 0 Å². The molecule has 1 amide bonds. The molecule has 0 bridgehead atoms. The zero-order valence-electron chi connectivity index (χ0n) is 18.5. The number of benzene rings is 2. The second kappa shape index (κ2) is 11.0. The zero-order chi connectivity index (χ0) is 23.4. The van der Waals surface area contributed by atoms with E-state index < -0.39 is 0 Å². The Morgan fingerprint density at radius 2 is 1.85 bits per heavy atom. The molecular formula is C23H25BrClN5O2S. The van der Waals surface area contributed by atoms with Gasteiger partial charge in [0, 0.05) is 28.3 Å². The van der Waals surface area contributed by atoms with E-state index in [0.29, 0.717) is 29.9 Å². The Morgan fingerprint density at radius 1 is 1.15 bits per heavy atom. The molecule has 1 saturated heterocycles. The van der Waals surface area contributed by atoms with Crippen molar-refractivity contribution in [1.82, 2.24) is 19.7 Å². The molecule has 0 radical (unpaired) electrons. The van der Waals surface area contributed by atoms with Crippen molar-refractivity contribution in [3.05, 3.63) is 62.8 Å². The van der Waals surface area contributed by atoms with Crippen molar-refractivity contribution in [2.75, 3.05) is 37.4 Å². The number of hydrogen-bond acceptors (Lipinski definition) is 6. The molecule has 174 valence electrons. The number of halogens is 2. The standard InChI is InChI=1S/C23H25BrClN5O2S/c1-15-11-19(24)20(12-16(15)2)26-22(31)14-33-23-28-27-21(13-29-7-9-32-10-8-29)30(23)18-5-3-17(25)4-6-18/h3-6,11-12H,7-10,13-14H2,1-2H3,(H,26,31). The number of carbonyl (C=O) groups excluding carboxylic acids is 1. The number of amides is 1. The Labute approximate surface area is 211 Å². The van der Waals surface area contributed by atoms with E-state index in [2.05, 4.69) is 36.3 Å². The normalized spacial score (nSPS) is 14.4. The Hall–Kier alpha value is -1.91. The monoisotopic (exact) mass is 549 g/mol. The summed E-state index contributed by atoms with van der Waals surface area (Å²) in [6.45, 7) is 7.85. The van der Waals surface area contributed by atoms with Gasteiger partial charge in [0.15, 0.2) is 11.0 Å². The van der Waals surface area contributed by atoms with Gasteiger partial charge in [-0.15, -0.1) is 10.2 Å². The van der Waals surface area contributed by atoms with E-state index in [9.17, 15) is 4.79 Å². The summed E-state index contributed by atoms with van der Waals surface area (Å²) < 4.78 is 8.31. The maximum absolute atomic E-state index is 12.7. The van der Waals surface area contributed by atoms with Crippen LogP contribution in [0.4, 0.5) is 5.69 Å². The fourth-order valence-electron chi connectivity index (χ4n) is 3.50. The van der Waals surface area contributed by atoms with Gasteiger partial charge < -0.3 is 10.1 Å². The summed E-state index contributed by atoms with van der Waals surface area (Å²) in [5, 5.41) is 13.1. The molecule has 2 aromatic carbocycles. The van der Waals surface area contributed by atoms with E-state index in [4.69, 9.17) is 16.3 Å². The van der Waals surface area contributed by atoms with Crippen LogP contribution in [0.25, 0.3) is 5.69 Å². The Bertz CT molecular complexity index is 1130. The van der Waals surface area contributed by atoms with Gasteiger partial charge in [0.1, 0.15) is 0 Å². The molecular weight excluding hydrogens is 526 g/mol. The number of morpholine rings is 1. The van der Waals surface area contributed by atoms with Crippen LogP contribution in [0, 0.1) is 13.8 Å². The van der Waals surface area contributed by atoms with Crippen molar-refractivity contribution in [3.63, 3.8) is 0 Å². The lowest BCUT2D eigenvalue weighted by molar-refractivity contribution is -0.113. The average molecular weight is 551 g/mol. The molecule has 0 atom stereocenters. The number of nitrogens with one attached hydrogen (secondary N) is 1. The number of aromatic nitrogens is 3. The highest BCUT2D eigenvalue weighted by Gasteiger charge is 2.20. The summed E-state index contributed by atoms with van der Waals surface area (Å²) in [6.07, 6.45) is 0. The van der Waals surface area contributed by atoms with Crippen LogP contribution in [-0.4, -0.2) is 57.6 Å². The summed E-state index contributed by atoms with van der Waals surface area (Å²) >= 11 is 11.0. The predicted molar refractivity (Wildman–Crippen MR) is 135 cm³/mol. The number of rotatable bonds is 7. The minimum absolute atomic E-state index is 0.107. The highest BCUT2D eigenvalue weighted by Crippen LogP contribution is 2.28. The molecule has 10 heteroatoms. The first kappa shape index (κ1) is 24.2. The molecule has 0 aliphatic carbocycles. The molecule has 1 fully saturated rings. The smallest absolute Gasteiger partial charge is 0.234 e. The first-order valence-corrected chi connectivity index (χ1v) is 12.8. The van der Waals surface area contributed by atoms with Crippen molar-refractivity contribution < 1.29 is 9.53 Å². The zero-order valence-corrected chi connectivity index (χ0v) is 21.6. The van der Waals surface area contributed by atoms with E-state index in [0.717, 1.165) is 45.9 Å². The van der Waals surface area contributed by atoms with Crippen molar-refractivity contribution in [1.29, 1.82) is 0 Å². The number of hydrogen-bond donors (Lipinski definition) is 1. The van der Waals surface area contributed by atoms with Gasteiger partial charge >= 0.3 is 0 Å². The quantitative estimate of drug-likeness (QED) is 0.424. The SMILES string of the molecule is Cc1cc(Br)c(NC(=O)CSc2nnc(CN3CCOCC3)n2-c2ccc(Cl)cc2)cc1C. The number of aryl methyl sites for hydroxylation is 2. The maximum Gasteiger partial charge on any atom is 0.234 e. The highest BCUT2D eigenvalue weighted by molar-refractivity contribution is 9.10. The first-order valence-electron chi connectivity index (χ1n) is 10.6. The largest absolute Gasteiger partial charge is 0.379 e. The molecule has 0 saturated carbocycles. The fourth-order valence-corrected chi connectivity index (χ4v) is 4.95. The number of anilines is 1. The highest BCUT2D eigenvalue weighted by atomic mass is 79.9. The van der Waals surface area contributed by atoms with Crippen LogP contribution < -0.4 is 5.32 Å². The van der Waals surface area contributed by atoms with Crippen molar-refractivity contribution >= 4 is 50.9 Å². The molecule has 33 heavy (non-hydrogen) atoms. The summed E-state index contributed by atoms with van der Waals surface area (Å²) in [5.41, 5.74) is 3.96. The van der Waals surface area contributed by atoms with Crippen LogP contribution in [0.15, 0.2) is 46.0 Å². The van der Waals surface area contributed by atoms with Crippen molar-refractivity contribution in [3.8, 4) is 5.69 Å². The van der Waals surface area contributed by atoms with Crippen molar-refractivity contribution in [2.45, 2.75) is 25.5 Å². The molecule has 0 spiro atoms. The number of carbonyl (C=O) groups is 1. The molecule has 4 rings (SSSR count). The predicted octanol–water partition coefficient (Wildman–Crippen LogP) is 4.86. The third-order valence-electron chi connectivity index (χ3n) is 5.44. The molecule has 3 aromatic rings. The van der Waals surface area contributed by atoms with Gasteiger partial charge in [-0.3, -0.25) is 14.3 Å². The van der Waals surface area contributed by atoms with Gasteiger partial charge in [0.25, 0.3) is 0 Å². The lowest BCUT2D eigenvalue weighted by atomic mass is 10.1. The lowest BCUT2D eigenvalue weighted by Gasteiger charge is -2.26. The van der Waals surface area contributed by atoms with E-state index in [1.807, 2.05) is 54.8 Å². The summed E-state index contributed by atoms with van der Waals surface area (Å²) in [6, 6.07) is 11.5. The average Bonchev–Trinajstić information content (AvgIpc) is 3.19. The lowest BCUT2D eigenvalue weighted by Crippen LogP contribution is -2.36. The van der Waals surface area contributed by atoms with Gasteiger partial charge in [-0.2, -0.15) is 0 Å². The third-order valence-corrected chi connectivity index (χ3v) is 7.28. The molecule has 7 nitrogen and oxygen atoms in total. The number of thioether (sulfide) groups is 1. The Morgan fingerprint density at radius 3 is 2.58 bits per heavy atom. The summed E-state index contributed by atoms with van der Waals surface area (Å²) in [7, 11) is 0. The summed E-state index contributed by atoms with van der Waals surface area (Å²) in [5.74, 6) is 0.922. The van der Waals surface area contributed by atoms with Crippen LogP contribution in [0.5, 0.6) is 0 Å². The molecule has 0 unspecified atom stereocenters. The Kier molecular flexibility index (Phi) is 8.08. The molecule has 1 aliphatic heterocycles.